The molecule has 0 unspecified atom stereocenters. The van der Waals surface area contributed by atoms with Gasteiger partial charge in [-0.05, 0) is 13.0 Å². The Bertz CT molecular complexity index is 556. The zero-order chi connectivity index (χ0) is 15.9. The molecule has 2 rings (SSSR count). The number of halogens is 1. The minimum Gasteiger partial charge on any atom is -0.357 e. The fourth-order valence-electron chi connectivity index (χ4n) is 2.03. The van der Waals surface area contributed by atoms with Gasteiger partial charge < -0.3 is 16.0 Å². The van der Waals surface area contributed by atoms with Crippen LogP contribution in [0, 0.1) is 0 Å². The van der Waals surface area contributed by atoms with Gasteiger partial charge in [0.15, 0.2) is 5.96 Å². The standard InChI is InChI=1S/C13H21N7O2.HI/c1-3-14-12(16-8-10-4-5-18-19(10)2)15-6-7-20-11(21)9-17-13(20)22;/h4-5H,3,6-9H2,1-2H3,(H,17,22)(H2,14,15,16);1H. The van der Waals surface area contributed by atoms with E-state index in [2.05, 4.69) is 26.0 Å². The summed E-state index contributed by atoms with van der Waals surface area (Å²) >= 11 is 0. The Hall–Kier alpha value is -1.85. The highest BCUT2D eigenvalue weighted by molar-refractivity contribution is 14.0. The monoisotopic (exact) mass is 435 g/mol. The average molecular weight is 435 g/mol. The fraction of sp³-hybridized carbons (Fsp3) is 0.538. The molecular formula is C13H22IN7O2. The van der Waals surface area contributed by atoms with Crippen LogP contribution in [0.2, 0.25) is 0 Å². The van der Waals surface area contributed by atoms with Crippen molar-refractivity contribution in [2.24, 2.45) is 12.0 Å². The van der Waals surface area contributed by atoms with Crippen LogP contribution in [0.1, 0.15) is 12.6 Å². The van der Waals surface area contributed by atoms with Crippen molar-refractivity contribution in [2.45, 2.75) is 13.5 Å². The van der Waals surface area contributed by atoms with Crippen LogP contribution in [0.3, 0.4) is 0 Å². The van der Waals surface area contributed by atoms with E-state index in [1.165, 1.54) is 4.90 Å². The quantitative estimate of drug-likeness (QED) is 0.245. The lowest BCUT2D eigenvalue weighted by molar-refractivity contribution is -0.124. The van der Waals surface area contributed by atoms with Crippen molar-refractivity contribution in [3.8, 4) is 0 Å². The highest BCUT2D eigenvalue weighted by atomic mass is 127. The molecule has 3 amide bonds. The number of nitrogens with one attached hydrogen (secondary N) is 3. The second kappa shape index (κ2) is 9.33. The molecule has 0 aliphatic carbocycles. The summed E-state index contributed by atoms with van der Waals surface area (Å²) in [7, 11) is 1.86. The van der Waals surface area contributed by atoms with Gasteiger partial charge in [-0.2, -0.15) is 5.10 Å². The molecule has 1 aromatic heterocycles. The first-order valence-electron chi connectivity index (χ1n) is 7.19. The number of urea groups is 1. The minimum absolute atomic E-state index is 0. The number of amides is 3. The number of rotatable bonds is 6. The number of hydrogen-bond donors (Lipinski definition) is 3. The molecule has 1 saturated heterocycles. The van der Waals surface area contributed by atoms with Crippen molar-refractivity contribution < 1.29 is 9.59 Å². The van der Waals surface area contributed by atoms with E-state index < -0.39 is 0 Å². The van der Waals surface area contributed by atoms with E-state index in [4.69, 9.17) is 0 Å². The first-order valence-corrected chi connectivity index (χ1v) is 7.19. The second-order valence-electron chi connectivity index (χ2n) is 4.77. The molecular weight excluding hydrogens is 413 g/mol. The van der Waals surface area contributed by atoms with Crippen molar-refractivity contribution in [1.82, 2.24) is 30.6 Å². The predicted octanol–water partition coefficient (Wildman–Crippen LogP) is -0.355. The van der Waals surface area contributed by atoms with Gasteiger partial charge in [-0.15, -0.1) is 24.0 Å². The zero-order valence-electron chi connectivity index (χ0n) is 13.2. The van der Waals surface area contributed by atoms with E-state index in [0.717, 1.165) is 12.2 Å². The van der Waals surface area contributed by atoms with Crippen LogP contribution in [0.25, 0.3) is 0 Å². The van der Waals surface area contributed by atoms with Gasteiger partial charge in [0.2, 0.25) is 5.91 Å². The summed E-state index contributed by atoms with van der Waals surface area (Å²) in [5, 5.41) is 12.8. The van der Waals surface area contributed by atoms with E-state index in [9.17, 15) is 9.59 Å². The molecule has 10 heteroatoms. The third-order valence-electron chi connectivity index (χ3n) is 3.23. The highest BCUT2D eigenvalue weighted by Gasteiger charge is 2.27. The summed E-state index contributed by atoms with van der Waals surface area (Å²) < 4.78 is 1.76. The largest absolute Gasteiger partial charge is 0.357 e. The summed E-state index contributed by atoms with van der Waals surface area (Å²) in [4.78, 5) is 28.5. The van der Waals surface area contributed by atoms with Crippen molar-refractivity contribution in [3.63, 3.8) is 0 Å². The lowest BCUT2D eigenvalue weighted by Crippen LogP contribution is -2.43. The van der Waals surface area contributed by atoms with Gasteiger partial charge in [0.1, 0.15) is 0 Å². The highest BCUT2D eigenvalue weighted by Crippen LogP contribution is 1.99. The molecule has 3 N–H and O–H groups in total. The maximum absolute atomic E-state index is 11.5. The SMILES string of the molecule is CCNC(=NCc1ccnn1C)NCCN1C(=O)CNC1=O.I. The number of aliphatic imine (C=N–C) groups is 1. The zero-order valence-corrected chi connectivity index (χ0v) is 15.5. The van der Waals surface area contributed by atoms with Gasteiger partial charge in [-0.1, -0.05) is 0 Å². The Kier molecular flexibility index (Phi) is 7.78. The van der Waals surface area contributed by atoms with E-state index in [-0.39, 0.29) is 42.5 Å². The Labute approximate surface area is 151 Å². The number of aromatic nitrogens is 2. The van der Waals surface area contributed by atoms with Crippen LogP contribution < -0.4 is 16.0 Å². The molecule has 1 aliphatic rings. The van der Waals surface area contributed by atoms with Gasteiger partial charge >= 0.3 is 6.03 Å². The number of aryl methyl sites for hydroxylation is 1. The maximum Gasteiger partial charge on any atom is 0.324 e. The molecule has 1 aromatic rings. The van der Waals surface area contributed by atoms with Gasteiger partial charge in [0.05, 0.1) is 18.8 Å². The summed E-state index contributed by atoms with van der Waals surface area (Å²) in [5.41, 5.74) is 0.992. The molecule has 0 saturated carbocycles. The molecule has 0 radical (unpaired) electrons. The lowest BCUT2D eigenvalue weighted by atomic mass is 10.4. The molecule has 0 bridgehead atoms. The lowest BCUT2D eigenvalue weighted by Gasteiger charge is -2.15. The van der Waals surface area contributed by atoms with Crippen LogP contribution >= 0.6 is 24.0 Å². The Morgan fingerprint density at radius 3 is 2.78 bits per heavy atom. The average Bonchev–Trinajstić information content (AvgIpc) is 3.04. The van der Waals surface area contributed by atoms with Crippen LogP contribution in [-0.4, -0.2) is 58.8 Å². The second-order valence-corrected chi connectivity index (χ2v) is 4.77. The molecule has 0 aromatic carbocycles. The fourth-order valence-corrected chi connectivity index (χ4v) is 2.03. The van der Waals surface area contributed by atoms with Crippen LogP contribution in [0.4, 0.5) is 4.79 Å². The van der Waals surface area contributed by atoms with E-state index in [1.54, 1.807) is 10.9 Å². The Morgan fingerprint density at radius 2 is 2.22 bits per heavy atom. The minimum atomic E-state index is -0.344. The predicted molar refractivity (Wildman–Crippen MR) is 96.6 cm³/mol. The number of carbonyl (C=O) groups excluding carboxylic acids is 2. The van der Waals surface area contributed by atoms with Crippen molar-refractivity contribution >= 4 is 41.9 Å². The van der Waals surface area contributed by atoms with Crippen LogP contribution in [0.15, 0.2) is 17.3 Å². The first-order chi connectivity index (χ1) is 10.6. The molecule has 1 aliphatic heterocycles. The molecule has 1 fully saturated rings. The molecule has 9 nitrogen and oxygen atoms in total. The van der Waals surface area contributed by atoms with Gasteiger partial charge in [-0.3, -0.25) is 14.4 Å². The van der Waals surface area contributed by atoms with E-state index in [1.807, 2.05) is 20.0 Å². The van der Waals surface area contributed by atoms with Gasteiger partial charge in [0.25, 0.3) is 0 Å². The maximum atomic E-state index is 11.5. The van der Waals surface area contributed by atoms with Crippen molar-refractivity contribution in [3.05, 3.63) is 18.0 Å². The van der Waals surface area contributed by atoms with Crippen molar-refractivity contribution in [2.75, 3.05) is 26.2 Å². The Balaban J connectivity index is 0.00000264. The number of imide groups is 1. The molecule has 2 heterocycles. The first kappa shape index (κ1) is 19.2. The number of nitrogens with zero attached hydrogens (tertiary/aromatic N) is 4. The van der Waals surface area contributed by atoms with Gasteiger partial charge in [-0.25, -0.2) is 9.79 Å². The molecule has 128 valence electrons. The molecule has 23 heavy (non-hydrogen) atoms. The molecule has 0 spiro atoms. The van der Waals surface area contributed by atoms with Crippen LogP contribution in [-0.2, 0) is 18.4 Å². The summed E-state index contributed by atoms with van der Waals surface area (Å²) in [6, 6.07) is 1.56. The van der Waals surface area contributed by atoms with Gasteiger partial charge in [0, 0.05) is 32.9 Å². The normalized spacial score (nSPS) is 14.5. The Morgan fingerprint density at radius 1 is 1.43 bits per heavy atom. The summed E-state index contributed by atoms with van der Waals surface area (Å²) in [6.07, 6.45) is 1.73. The third kappa shape index (κ3) is 5.37. The van der Waals surface area contributed by atoms with E-state index >= 15 is 0 Å². The number of guanidine groups is 1. The topological polar surface area (TPSA) is 104 Å². The number of hydrogen-bond acceptors (Lipinski definition) is 4. The third-order valence-corrected chi connectivity index (χ3v) is 3.23. The van der Waals surface area contributed by atoms with Crippen LogP contribution in [0.5, 0.6) is 0 Å². The summed E-state index contributed by atoms with van der Waals surface area (Å²) in [6.45, 7) is 4.01. The molecule has 0 atom stereocenters. The van der Waals surface area contributed by atoms with E-state index in [0.29, 0.717) is 25.6 Å². The van der Waals surface area contributed by atoms with Crippen molar-refractivity contribution in [1.29, 1.82) is 0 Å². The number of carbonyl (C=O) groups is 2. The summed E-state index contributed by atoms with van der Waals surface area (Å²) in [5.74, 6) is 0.430. The smallest absolute Gasteiger partial charge is 0.324 e.